The van der Waals surface area contributed by atoms with Crippen LogP contribution in [-0.4, -0.2) is 12.1 Å². The number of fused-ring (bicyclic) bond motifs is 1. The van der Waals surface area contributed by atoms with Crippen LogP contribution in [0.1, 0.15) is 46.5 Å². The zero-order valence-corrected chi connectivity index (χ0v) is 9.22. The van der Waals surface area contributed by atoms with Crippen molar-refractivity contribution in [1.82, 2.24) is 5.32 Å². The number of rotatable bonds is 2. The van der Waals surface area contributed by atoms with E-state index in [-0.39, 0.29) is 0 Å². The second-order valence-electron chi connectivity index (χ2n) is 5.47. The Bertz CT molecular complexity index is 176. The molecule has 1 unspecified atom stereocenters. The Morgan fingerprint density at radius 3 is 2.62 bits per heavy atom. The molecule has 0 saturated heterocycles. The molecule has 1 N–H and O–H groups in total. The van der Waals surface area contributed by atoms with Gasteiger partial charge in [0.2, 0.25) is 0 Å². The molecule has 0 aromatic carbocycles. The Hall–Kier alpha value is -0.0400. The lowest BCUT2D eigenvalue weighted by molar-refractivity contribution is 0.360. The Labute approximate surface area is 82.3 Å². The third kappa shape index (κ3) is 2.25. The molecule has 2 aliphatic rings. The first-order chi connectivity index (χ1) is 6.16. The van der Waals surface area contributed by atoms with Crippen LogP contribution in [0, 0.1) is 17.8 Å². The highest BCUT2D eigenvalue weighted by atomic mass is 14.9. The van der Waals surface area contributed by atoms with E-state index in [4.69, 9.17) is 0 Å². The van der Waals surface area contributed by atoms with E-state index in [1.165, 1.54) is 25.7 Å². The third-order valence-corrected chi connectivity index (χ3v) is 3.82. The molecular formula is C12H23N. The second-order valence-corrected chi connectivity index (χ2v) is 5.47. The molecule has 0 aromatic rings. The summed E-state index contributed by atoms with van der Waals surface area (Å²) in [6, 6.07) is 1.47. The predicted octanol–water partition coefficient (Wildman–Crippen LogP) is 2.81. The maximum Gasteiger partial charge on any atom is 0.00721 e. The van der Waals surface area contributed by atoms with Gasteiger partial charge in [-0.25, -0.2) is 0 Å². The fourth-order valence-electron chi connectivity index (χ4n) is 3.08. The zero-order valence-electron chi connectivity index (χ0n) is 9.22. The van der Waals surface area contributed by atoms with Crippen LogP contribution >= 0.6 is 0 Å². The lowest BCUT2D eigenvalue weighted by Crippen LogP contribution is -2.35. The minimum absolute atomic E-state index is 0.659. The normalized spacial score (nSPS) is 44.3. The number of hydrogen-bond donors (Lipinski definition) is 1. The zero-order chi connectivity index (χ0) is 9.42. The van der Waals surface area contributed by atoms with Crippen molar-refractivity contribution in [3.05, 3.63) is 0 Å². The van der Waals surface area contributed by atoms with Crippen LogP contribution in [0.5, 0.6) is 0 Å². The molecule has 2 rings (SSSR count). The van der Waals surface area contributed by atoms with E-state index in [1.807, 2.05) is 0 Å². The fourth-order valence-corrected chi connectivity index (χ4v) is 3.08. The Morgan fingerprint density at radius 1 is 1.15 bits per heavy atom. The van der Waals surface area contributed by atoms with Crippen LogP contribution in [-0.2, 0) is 0 Å². The van der Waals surface area contributed by atoms with Gasteiger partial charge in [-0.15, -0.1) is 0 Å². The topological polar surface area (TPSA) is 12.0 Å². The Balaban J connectivity index is 1.85. The molecule has 0 heterocycles. The molecule has 0 bridgehead atoms. The monoisotopic (exact) mass is 181 g/mol. The molecule has 2 aliphatic carbocycles. The minimum Gasteiger partial charge on any atom is -0.312 e. The molecule has 0 radical (unpaired) electrons. The van der Waals surface area contributed by atoms with Gasteiger partial charge in [0, 0.05) is 12.1 Å². The highest BCUT2D eigenvalue weighted by Crippen LogP contribution is 2.51. The highest BCUT2D eigenvalue weighted by molar-refractivity contribution is 4.95. The maximum atomic E-state index is 3.69. The van der Waals surface area contributed by atoms with E-state index in [1.54, 1.807) is 0 Å². The van der Waals surface area contributed by atoms with E-state index < -0.39 is 0 Å². The van der Waals surface area contributed by atoms with E-state index in [0.717, 1.165) is 23.8 Å². The van der Waals surface area contributed by atoms with Gasteiger partial charge in [0.1, 0.15) is 0 Å². The predicted molar refractivity (Wildman–Crippen MR) is 56.7 cm³/mol. The average Bonchev–Trinajstić information content (AvgIpc) is 2.76. The summed E-state index contributed by atoms with van der Waals surface area (Å²) >= 11 is 0. The summed E-state index contributed by atoms with van der Waals surface area (Å²) in [5.41, 5.74) is 0. The number of hydrogen-bond acceptors (Lipinski definition) is 1. The van der Waals surface area contributed by atoms with Crippen LogP contribution in [0.3, 0.4) is 0 Å². The van der Waals surface area contributed by atoms with Gasteiger partial charge in [0.25, 0.3) is 0 Å². The second kappa shape index (κ2) is 3.61. The van der Waals surface area contributed by atoms with Gasteiger partial charge in [-0.2, -0.15) is 0 Å². The van der Waals surface area contributed by atoms with Crippen LogP contribution in [0.25, 0.3) is 0 Å². The van der Waals surface area contributed by atoms with Crippen LogP contribution in [0.4, 0.5) is 0 Å². The SMILES string of the molecule is CC(C)N[C@H]1CC[C@H]2CC2[C@@H](C)C1. The first-order valence-electron chi connectivity index (χ1n) is 5.93. The van der Waals surface area contributed by atoms with Crippen molar-refractivity contribution in [2.75, 3.05) is 0 Å². The van der Waals surface area contributed by atoms with Crippen molar-refractivity contribution >= 4 is 0 Å². The van der Waals surface area contributed by atoms with Crippen molar-refractivity contribution < 1.29 is 0 Å². The summed E-state index contributed by atoms with van der Waals surface area (Å²) in [5.74, 6) is 3.18. The Morgan fingerprint density at radius 2 is 1.92 bits per heavy atom. The number of nitrogens with one attached hydrogen (secondary N) is 1. The van der Waals surface area contributed by atoms with Crippen molar-refractivity contribution in [3.63, 3.8) is 0 Å². The molecule has 2 fully saturated rings. The summed E-state index contributed by atoms with van der Waals surface area (Å²) in [5, 5.41) is 3.69. The minimum atomic E-state index is 0.659. The van der Waals surface area contributed by atoms with Crippen molar-refractivity contribution in [1.29, 1.82) is 0 Å². The van der Waals surface area contributed by atoms with E-state index in [0.29, 0.717) is 6.04 Å². The first-order valence-corrected chi connectivity index (χ1v) is 5.93. The molecule has 4 atom stereocenters. The summed E-state index contributed by atoms with van der Waals surface area (Å²) in [4.78, 5) is 0. The molecule has 0 aromatic heterocycles. The van der Waals surface area contributed by atoms with Gasteiger partial charge in [0.05, 0.1) is 0 Å². The molecule has 0 amide bonds. The van der Waals surface area contributed by atoms with E-state index in [9.17, 15) is 0 Å². The molecule has 0 spiro atoms. The molecule has 0 aliphatic heterocycles. The lowest BCUT2D eigenvalue weighted by atomic mass is 9.97. The van der Waals surface area contributed by atoms with Gasteiger partial charge in [0.15, 0.2) is 0 Å². The maximum absolute atomic E-state index is 3.69. The smallest absolute Gasteiger partial charge is 0.00721 e. The molecular weight excluding hydrogens is 158 g/mol. The van der Waals surface area contributed by atoms with E-state index >= 15 is 0 Å². The van der Waals surface area contributed by atoms with Crippen LogP contribution in [0.15, 0.2) is 0 Å². The summed E-state index contributed by atoms with van der Waals surface area (Å²) < 4.78 is 0. The van der Waals surface area contributed by atoms with Crippen molar-refractivity contribution in [3.8, 4) is 0 Å². The van der Waals surface area contributed by atoms with Gasteiger partial charge >= 0.3 is 0 Å². The fraction of sp³-hybridized carbons (Fsp3) is 1.00. The quantitative estimate of drug-likeness (QED) is 0.690. The summed E-state index contributed by atoms with van der Waals surface area (Å²) in [6.45, 7) is 6.97. The standard InChI is InChI=1S/C12H23N/c1-8(2)13-11-5-4-10-7-12(10)9(3)6-11/h8-13H,4-7H2,1-3H3/t9-,10-,11-,12?/m0/s1. The summed E-state index contributed by atoms with van der Waals surface area (Å²) in [6.07, 6.45) is 5.86. The molecule has 1 heteroatoms. The first kappa shape index (κ1) is 9.51. The van der Waals surface area contributed by atoms with Gasteiger partial charge in [-0.3, -0.25) is 0 Å². The van der Waals surface area contributed by atoms with Gasteiger partial charge < -0.3 is 5.32 Å². The largest absolute Gasteiger partial charge is 0.312 e. The molecule has 13 heavy (non-hydrogen) atoms. The molecule has 2 saturated carbocycles. The van der Waals surface area contributed by atoms with Crippen molar-refractivity contribution in [2.45, 2.75) is 58.5 Å². The molecule has 76 valence electrons. The lowest BCUT2D eigenvalue weighted by Gasteiger charge is -2.22. The van der Waals surface area contributed by atoms with E-state index in [2.05, 4.69) is 26.1 Å². The Kier molecular flexibility index (Phi) is 2.64. The van der Waals surface area contributed by atoms with Crippen molar-refractivity contribution in [2.24, 2.45) is 17.8 Å². The average molecular weight is 181 g/mol. The van der Waals surface area contributed by atoms with Gasteiger partial charge in [-0.05, 0) is 43.4 Å². The van der Waals surface area contributed by atoms with Crippen LogP contribution in [0.2, 0.25) is 0 Å². The highest BCUT2D eigenvalue weighted by Gasteiger charge is 2.43. The molecule has 1 nitrogen and oxygen atoms in total. The van der Waals surface area contributed by atoms with Crippen LogP contribution < -0.4 is 5.32 Å². The summed E-state index contributed by atoms with van der Waals surface area (Å²) in [7, 11) is 0. The third-order valence-electron chi connectivity index (χ3n) is 3.82. The van der Waals surface area contributed by atoms with Gasteiger partial charge in [-0.1, -0.05) is 20.8 Å².